The van der Waals surface area contributed by atoms with Crippen molar-refractivity contribution in [2.45, 2.75) is 12.8 Å². The maximum Gasteiger partial charge on any atom is 0.0558 e. The molecule has 1 saturated heterocycles. The lowest BCUT2D eigenvalue weighted by Crippen LogP contribution is -2.47. The van der Waals surface area contributed by atoms with Gasteiger partial charge in [0.05, 0.1) is 6.61 Å². The van der Waals surface area contributed by atoms with Crippen LogP contribution in [0.25, 0.3) is 0 Å². The SMILES string of the molecule is OCCN1CCN(CC2CC2)CC1. The predicted octanol–water partition coefficient (Wildman–Crippen LogP) is 0.00630. The van der Waals surface area contributed by atoms with Crippen molar-refractivity contribution in [1.29, 1.82) is 0 Å². The Bertz CT molecular complexity index is 151. The molecule has 0 atom stereocenters. The summed E-state index contributed by atoms with van der Waals surface area (Å²) in [5.74, 6) is 1.02. The van der Waals surface area contributed by atoms with Gasteiger partial charge in [-0.05, 0) is 18.8 Å². The van der Waals surface area contributed by atoms with Crippen molar-refractivity contribution in [3.05, 3.63) is 0 Å². The standard InChI is InChI=1S/C10H20N2O/c13-8-7-11-3-5-12(6-4-11)9-10-1-2-10/h10,13H,1-9H2. The Morgan fingerprint density at radius 2 is 1.62 bits per heavy atom. The van der Waals surface area contributed by atoms with Crippen LogP contribution < -0.4 is 0 Å². The number of nitrogens with zero attached hydrogens (tertiary/aromatic N) is 2. The zero-order chi connectivity index (χ0) is 9.10. The summed E-state index contributed by atoms with van der Waals surface area (Å²) in [6, 6.07) is 0. The molecule has 0 aromatic rings. The van der Waals surface area contributed by atoms with Crippen molar-refractivity contribution < 1.29 is 5.11 Å². The fraction of sp³-hybridized carbons (Fsp3) is 1.00. The van der Waals surface area contributed by atoms with E-state index in [0.717, 1.165) is 25.6 Å². The Morgan fingerprint density at radius 1 is 1.00 bits per heavy atom. The minimum absolute atomic E-state index is 0.308. The average molecular weight is 184 g/mol. The Morgan fingerprint density at radius 3 is 2.15 bits per heavy atom. The molecule has 0 aromatic carbocycles. The third-order valence-electron chi connectivity index (χ3n) is 3.09. The van der Waals surface area contributed by atoms with E-state index in [1.165, 1.54) is 32.5 Å². The third kappa shape index (κ3) is 2.93. The number of aliphatic hydroxyl groups is 1. The summed E-state index contributed by atoms with van der Waals surface area (Å²) < 4.78 is 0. The second-order valence-corrected chi connectivity index (χ2v) is 4.31. The van der Waals surface area contributed by atoms with Gasteiger partial charge >= 0.3 is 0 Å². The molecule has 76 valence electrons. The molecule has 0 radical (unpaired) electrons. The van der Waals surface area contributed by atoms with Gasteiger partial charge in [-0.2, -0.15) is 0 Å². The number of aliphatic hydroxyl groups excluding tert-OH is 1. The number of hydrogen-bond acceptors (Lipinski definition) is 3. The molecule has 2 fully saturated rings. The highest BCUT2D eigenvalue weighted by atomic mass is 16.3. The van der Waals surface area contributed by atoms with E-state index in [2.05, 4.69) is 9.80 Å². The van der Waals surface area contributed by atoms with E-state index in [-0.39, 0.29) is 0 Å². The summed E-state index contributed by atoms with van der Waals surface area (Å²) in [6.45, 7) is 7.19. The van der Waals surface area contributed by atoms with Crippen LogP contribution >= 0.6 is 0 Å². The van der Waals surface area contributed by atoms with Crippen LogP contribution in [0.5, 0.6) is 0 Å². The molecule has 1 N–H and O–H groups in total. The normalized spacial score (nSPS) is 26.5. The van der Waals surface area contributed by atoms with Crippen LogP contribution in [-0.2, 0) is 0 Å². The van der Waals surface area contributed by atoms with Crippen molar-refractivity contribution in [3.8, 4) is 0 Å². The number of hydrogen-bond donors (Lipinski definition) is 1. The van der Waals surface area contributed by atoms with E-state index in [0.29, 0.717) is 6.61 Å². The van der Waals surface area contributed by atoms with Gasteiger partial charge < -0.3 is 10.0 Å². The molecule has 0 bridgehead atoms. The smallest absolute Gasteiger partial charge is 0.0558 e. The van der Waals surface area contributed by atoms with Gasteiger partial charge in [0.1, 0.15) is 0 Å². The van der Waals surface area contributed by atoms with Crippen molar-refractivity contribution in [2.24, 2.45) is 5.92 Å². The van der Waals surface area contributed by atoms with Crippen LogP contribution in [0.3, 0.4) is 0 Å². The van der Waals surface area contributed by atoms with E-state index < -0.39 is 0 Å². The maximum atomic E-state index is 8.78. The van der Waals surface area contributed by atoms with E-state index in [1.807, 2.05) is 0 Å². The topological polar surface area (TPSA) is 26.7 Å². The zero-order valence-electron chi connectivity index (χ0n) is 8.28. The van der Waals surface area contributed by atoms with Gasteiger partial charge in [0.2, 0.25) is 0 Å². The first-order chi connectivity index (χ1) is 6.38. The number of β-amino-alcohol motifs (C(OH)–C–C–N with tert-alkyl or cyclic N) is 1. The molecule has 2 aliphatic rings. The van der Waals surface area contributed by atoms with Crippen LogP contribution in [-0.4, -0.2) is 60.8 Å². The number of rotatable bonds is 4. The van der Waals surface area contributed by atoms with E-state index in [4.69, 9.17) is 5.11 Å². The minimum Gasteiger partial charge on any atom is -0.395 e. The summed E-state index contributed by atoms with van der Waals surface area (Å²) in [4.78, 5) is 4.93. The van der Waals surface area contributed by atoms with Gasteiger partial charge in [-0.15, -0.1) is 0 Å². The molecular weight excluding hydrogens is 164 g/mol. The Kier molecular flexibility index (Phi) is 3.19. The predicted molar refractivity (Wildman–Crippen MR) is 52.7 cm³/mol. The van der Waals surface area contributed by atoms with Crippen molar-refractivity contribution in [3.63, 3.8) is 0 Å². The van der Waals surface area contributed by atoms with Crippen molar-refractivity contribution >= 4 is 0 Å². The highest BCUT2D eigenvalue weighted by molar-refractivity contribution is 4.80. The molecule has 2 rings (SSSR count). The Labute approximate surface area is 80.3 Å². The van der Waals surface area contributed by atoms with Crippen LogP contribution in [0.2, 0.25) is 0 Å². The minimum atomic E-state index is 0.308. The summed E-state index contributed by atoms with van der Waals surface area (Å²) in [5, 5.41) is 8.78. The van der Waals surface area contributed by atoms with E-state index >= 15 is 0 Å². The molecule has 3 heteroatoms. The highest BCUT2D eigenvalue weighted by Crippen LogP contribution is 2.29. The Balaban J connectivity index is 1.63. The van der Waals surface area contributed by atoms with Gasteiger partial charge in [0.25, 0.3) is 0 Å². The first-order valence-electron chi connectivity index (χ1n) is 5.44. The molecule has 0 unspecified atom stereocenters. The molecule has 1 saturated carbocycles. The summed E-state index contributed by atoms with van der Waals surface area (Å²) in [6.07, 6.45) is 2.91. The zero-order valence-corrected chi connectivity index (χ0v) is 8.28. The van der Waals surface area contributed by atoms with Gasteiger partial charge in [-0.3, -0.25) is 4.90 Å². The molecule has 13 heavy (non-hydrogen) atoms. The molecule has 1 aliphatic heterocycles. The molecule has 1 aliphatic carbocycles. The fourth-order valence-corrected chi connectivity index (χ4v) is 2.00. The first-order valence-corrected chi connectivity index (χ1v) is 5.44. The quantitative estimate of drug-likeness (QED) is 0.666. The van der Waals surface area contributed by atoms with Crippen molar-refractivity contribution in [1.82, 2.24) is 9.80 Å². The average Bonchev–Trinajstić information content (AvgIpc) is 2.93. The fourth-order valence-electron chi connectivity index (χ4n) is 2.00. The lowest BCUT2D eigenvalue weighted by atomic mass is 10.3. The van der Waals surface area contributed by atoms with Crippen LogP contribution in [0.1, 0.15) is 12.8 Å². The molecule has 0 amide bonds. The van der Waals surface area contributed by atoms with Gasteiger partial charge in [0, 0.05) is 39.3 Å². The third-order valence-corrected chi connectivity index (χ3v) is 3.09. The first kappa shape index (κ1) is 9.44. The number of piperazine rings is 1. The largest absolute Gasteiger partial charge is 0.395 e. The molecule has 1 heterocycles. The summed E-state index contributed by atoms with van der Waals surface area (Å²) in [5.41, 5.74) is 0. The highest BCUT2D eigenvalue weighted by Gasteiger charge is 2.25. The second-order valence-electron chi connectivity index (χ2n) is 4.31. The summed E-state index contributed by atoms with van der Waals surface area (Å²) >= 11 is 0. The molecule has 0 spiro atoms. The van der Waals surface area contributed by atoms with Gasteiger partial charge in [-0.1, -0.05) is 0 Å². The van der Waals surface area contributed by atoms with E-state index in [9.17, 15) is 0 Å². The lowest BCUT2D eigenvalue weighted by molar-refractivity contribution is 0.110. The summed E-state index contributed by atoms with van der Waals surface area (Å²) in [7, 11) is 0. The van der Waals surface area contributed by atoms with Crippen molar-refractivity contribution in [2.75, 3.05) is 45.9 Å². The molecular formula is C10H20N2O. The van der Waals surface area contributed by atoms with Crippen LogP contribution in [0, 0.1) is 5.92 Å². The monoisotopic (exact) mass is 184 g/mol. The molecule has 0 aromatic heterocycles. The van der Waals surface area contributed by atoms with Crippen LogP contribution in [0.15, 0.2) is 0 Å². The van der Waals surface area contributed by atoms with E-state index in [1.54, 1.807) is 0 Å². The van der Waals surface area contributed by atoms with Gasteiger partial charge in [-0.25, -0.2) is 0 Å². The lowest BCUT2D eigenvalue weighted by Gasteiger charge is -2.34. The Hall–Kier alpha value is -0.120. The van der Waals surface area contributed by atoms with Gasteiger partial charge in [0.15, 0.2) is 0 Å². The second kappa shape index (κ2) is 4.40. The molecule has 3 nitrogen and oxygen atoms in total. The van der Waals surface area contributed by atoms with Crippen LogP contribution in [0.4, 0.5) is 0 Å². The maximum absolute atomic E-state index is 8.78.